The molecular weight excluding hydrogens is 164 g/mol. The molecule has 1 heterocycles. The van der Waals surface area contributed by atoms with Gasteiger partial charge in [-0.1, -0.05) is 0 Å². The molecule has 1 rings (SSSR count). The molecule has 4 nitrogen and oxygen atoms in total. The molecule has 0 atom stereocenters. The number of nitrogens with zero attached hydrogens (tertiary/aromatic N) is 2. The predicted molar refractivity (Wildman–Crippen MR) is 40.5 cm³/mol. The SMILES string of the molecule is N#CN1CCCS(=O)(=O)CC1. The Morgan fingerprint density at radius 2 is 2.00 bits per heavy atom. The van der Waals surface area contributed by atoms with Crippen LogP contribution in [0.3, 0.4) is 0 Å². The van der Waals surface area contributed by atoms with Crippen molar-refractivity contribution in [3.63, 3.8) is 0 Å². The number of sulfone groups is 1. The summed E-state index contributed by atoms with van der Waals surface area (Å²) in [7, 11) is -2.86. The molecule has 0 bridgehead atoms. The molecule has 0 N–H and O–H groups in total. The number of hydrogen-bond acceptors (Lipinski definition) is 4. The fourth-order valence-electron chi connectivity index (χ4n) is 1.04. The quantitative estimate of drug-likeness (QED) is 0.468. The molecule has 62 valence electrons. The van der Waals surface area contributed by atoms with E-state index < -0.39 is 9.84 Å². The molecule has 1 fully saturated rings. The lowest BCUT2D eigenvalue weighted by atomic mass is 10.4. The molecule has 1 aliphatic rings. The van der Waals surface area contributed by atoms with Crippen molar-refractivity contribution >= 4 is 9.84 Å². The predicted octanol–water partition coefficient (Wildman–Crippen LogP) is -0.412. The van der Waals surface area contributed by atoms with Crippen LogP contribution in [0, 0.1) is 11.5 Å². The van der Waals surface area contributed by atoms with E-state index in [0.717, 1.165) is 0 Å². The first-order valence-electron chi connectivity index (χ1n) is 3.49. The summed E-state index contributed by atoms with van der Waals surface area (Å²) in [6.07, 6.45) is 2.53. The lowest BCUT2D eigenvalue weighted by Crippen LogP contribution is -2.21. The van der Waals surface area contributed by atoms with Crippen molar-refractivity contribution in [1.29, 1.82) is 5.26 Å². The van der Waals surface area contributed by atoms with Crippen molar-refractivity contribution in [1.82, 2.24) is 4.90 Å². The van der Waals surface area contributed by atoms with Crippen LogP contribution in [0.4, 0.5) is 0 Å². The summed E-state index contributed by atoms with van der Waals surface area (Å²) < 4.78 is 22.0. The molecule has 0 aliphatic carbocycles. The zero-order valence-corrected chi connectivity index (χ0v) is 6.97. The third-order valence-corrected chi connectivity index (χ3v) is 3.41. The van der Waals surface area contributed by atoms with Crippen molar-refractivity contribution in [2.45, 2.75) is 6.42 Å². The molecule has 0 unspecified atom stereocenters. The van der Waals surface area contributed by atoms with E-state index in [9.17, 15) is 8.42 Å². The third kappa shape index (κ3) is 2.39. The van der Waals surface area contributed by atoms with Crippen molar-refractivity contribution in [2.24, 2.45) is 0 Å². The summed E-state index contributed by atoms with van der Waals surface area (Å²) in [6, 6.07) is 0. The second kappa shape index (κ2) is 3.09. The first kappa shape index (κ1) is 8.34. The first-order chi connectivity index (χ1) is 5.14. The molecule has 0 spiro atoms. The van der Waals surface area contributed by atoms with Gasteiger partial charge < -0.3 is 4.90 Å². The van der Waals surface area contributed by atoms with Crippen LogP contribution in [-0.4, -0.2) is 37.9 Å². The Morgan fingerprint density at radius 3 is 2.64 bits per heavy atom. The molecule has 0 aromatic rings. The Morgan fingerprint density at radius 1 is 1.27 bits per heavy atom. The second-order valence-electron chi connectivity index (χ2n) is 2.59. The summed E-state index contributed by atoms with van der Waals surface area (Å²) >= 11 is 0. The van der Waals surface area contributed by atoms with Crippen LogP contribution in [0.15, 0.2) is 0 Å². The van der Waals surface area contributed by atoms with Gasteiger partial charge >= 0.3 is 0 Å². The maximum absolute atomic E-state index is 11.0. The normalized spacial score (nSPS) is 23.7. The Balaban J connectivity index is 2.61. The zero-order chi connectivity index (χ0) is 8.32. The van der Waals surface area contributed by atoms with E-state index >= 15 is 0 Å². The standard InChI is InChI=1S/C6H10N2O2S/c7-6-8-2-1-4-11(9,10)5-3-8/h1-5H2. The number of nitriles is 1. The fourth-order valence-corrected chi connectivity index (χ4v) is 2.31. The van der Waals surface area contributed by atoms with Crippen molar-refractivity contribution in [3.8, 4) is 6.19 Å². The lowest BCUT2D eigenvalue weighted by Gasteiger charge is -2.08. The maximum atomic E-state index is 11.0. The molecule has 0 radical (unpaired) electrons. The topological polar surface area (TPSA) is 61.2 Å². The van der Waals surface area contributed by atoms with Gasteiger partial charge in [0.2, 0.25) is 0 Å². The molecular formula is C6H10N2O2S. The minimum Gasteiger partial charge on any atom is -0.310 e. The van der Waals surface area contributed by atoms with Crippen molar-refractivity contribution in [3.05, 3.63) is 0 Å². The number of rotatable bonds is 0. The van der Waals surface area contributed by atoms with Gasteiger partial charge in [-0.3, -0.25) is 0 Å². The smallest absolute Gasteiger partial charge is 0.179 e. The molecule has 0 amide bonds. The highest BCUT2D eigenvalue weighted by Gasteiger charge is 2.17. The Labute approximate surface area is 66.3 Å². The van der Waals surface area contributed by atoms with Crippen molar-refractivity contribution in [2.75, 3.05) is 24.6 Å². The summed E-state index contributed by atoms with van der Waals surface area (Å²) in [5.41, 5.74) is 0. The third-order valence-electron chi connectivity index (χ3n) is 1.70. The van der Waals surface area contributed by atoms with Gasteiger partial charge in [0.25, 0.3) is 0 Å². The van der Waals surface area contributed by atoms with E-state index in [1.54, 1.807) is 0 Å². The molecule has 0 aromatic carbocycles. The largest absolute Gasteiger partial charge is 0.310 e. The zero-order valence-electron chi connectivity index (χ0n) is 6.15. The molecule has 1 saturated heterocycles. The minimum atomic E-state index is -2.86. The van der Waals surface area contributed by atoms with Gasteiger partial charge in [-0.05, 0) is 6.42 Å². The van der Waals surface area contributed by atoms with Gasteiger partial charge in [-0.25, -0.2) is 8.42 Å². The summed E-state index contributed by atoms with van der Waals surface area (Å²) in [6.45, 7) is 0.939. The van der Waals surface area contributed by atoms with E-state index in [4.69, 9.17) is 5.26 Å². The number of hydrogen-bond donors (Lipinski definition) is 0. The average molecular weight is 174 g/mol. The molecule has 0 aromatic heterocycles. The van der Waals surface area contributed by atoms with Gasteiger partial charge in [0.05, 0.1) is 11.5 Å². The average Bonchev–Trinajstić information content (AvgIpc) is 2.10. The maximum Gasteiger partial charge on any atom is 0.179 e. The van der Waals surface area contributed by atoms with E-state index in [1.165, 1.54) is 4.90 Å². The van der Waals surface area contributed by atoms with Crippen LogP contribution in [0.25, 0.3) is 0 Å². The van der Waals surface area contributed by atoms with Gasteiger partial charge in [0.1, 0.15) is 0 Å². The van der Waals surface area contributed by atoms with E-state index in [1.807, 2.05) is 6.19 Å². The summed E-state index contributed by atoms with van der Waals surface area (Å²) in [5, 5.41) is 8.47. The van der Waals surface area contributed by atoms with Gasteiger partial charge in [0.15, 0.2) is 16.0 Å². The van der Waals surface area contributed by atoms with E-state index in [0.29, 0.717) is 19.5 Å². The van der Waals surface area contributed by atoms with Gasteiger partial charge in [-0.15, -0.1) is 0 Å². The van der Waals surface area contributed by atoms with E-state index in [2.05, 4.69) is 0 Å². The van der Waals surface area contributed by atoms with Crippen LogP contribution < -0.4 is 0 Å². The van der Waals surface area contributed by atoms with Crippen molar-refractivity contribution < 1.29 is 8.42 Å². The van der Waals surface area contributed by atoms with E-state index in [-0.39, 0.29) is 11.5 Å². The van der Waals surface area contributed by atoms with Crippen LogP contribution in [-0.2, 0) is 9.84 Å². The first-order valence-corrected chi connectivity index (χ1v) is 5.31. The Bertz CT molecular complexity index is 265. The monoisotopic (exact) mass is 174 g/mol. The summed E-state index contributed by atoms with van der Waals surface area (Å²) in [5.74, 6) is 0.353. The summed E-state index contributed by atoms with van der Waals surface area (Å²) in [4.78, 5) is 1.49. The second-order valence-corrected chi connectivity index (χ2v) is 4.90. The minimum absolute atomic E-state index is 0.126. The Kier molecular flexibility index (Phi) is 2.35. The lowest BCUT2D eigenvalue weighted by molar-refractivity contribution is 0.422. The van der Waals surface area contributed by atoms with Gasteiger partial charge in [0, 0.05) is 13.1 Å². The molecule has 1 aliphatic heterocycles. The van der Waals surface area contributed by atoms with Crippen LogP contribution in [0.2, 0.25) is 0 Å². The van der Waals surface area contributed by atoms with Crippen LogP contribution in [0.5, 0.6) is 0 Å². The highest BCUT2D eigenvalue weighted by Crippen LogP contribution is 2.02. The highest BCUT2D eigenvalue weighted by atomic mass is 32.2. The molecule has 5 heteroatoms. The van der Waals surface area contributed by atoms with Gasteiger partial charge in [-0.2, -0.15) is 5.26 Å². The molecule has 11 heavy (non-hydrogen) atoms. The Hall–Kier alpha value is -0.760. The molecule has 0 saturated carbocycles. The van der Waals surface area contributed by atoms with Crippen LogP contribution >= 0.6 is 0 Å². The fraction of sp³-hybridized carbons (Fsp3) is 0.833. The highest BCUT2D eigenvalue weighted by molar-refractivity contribution is 7.91. The van der Waals surface area contributed by atoms with Crippen LogP contribution in [0.1, 0.15) is 6.42 Å².